The van der Waals surface area contributed by atoms with E-state index in [2.05, 4.69) is 23.1 Å². The number of hydrogen-bond donors (Lipinski definition) is 2. The molecule has 0 aromatic heterocycles. The Morgan fingerprint density at radius 2 is 1.60 bits per heavy atom. The van der Waals surface area contributed by atoms with E-state index in [-0.39, 0.29) is 6.61 Å². The van der Waals surface area contributed by atoms with Gasteiger partial charge in [0.25, 0.3) is 0 Å². The van der Waals surface area contributed by atoms with Gasteiger partial charge < -0.3 is 10.8 Å². The summed E-state index contributed by atoms with van der Waals surface area (Å²) in [7, 11) is 0. The first-order valence-corrected chi connectivity index (χ1v) is 7.00. The van der Waals surface area contributed by atoms with Crippen LogP contribution in [0.1, 0.15) is 11.1 Å². The van der Waals surface area contributed by atoms with E-state index in [0.717, 1.165) is 25.2 Å². The van der Waals surface area contributed by atoms with Gasteiger partial charge in [-0.05, 0) is 23.6 Å². The molecule has 2 aromatic carbocycles. The molecule has 0 radical (unpaired) electrons. The Morgan fingerprint density at radius 3 is 2.30 bits per heavy atom. The van der Waals surface area contributed by atoms with Gasteiger partial charge in [-0.1, -0.05) is 48.5 Å². The summed E-state index contributed by atoms with van der Waals surface area (Å²) < 4.78 is 0. The first kappa shape index (κ1) is 14.6. The number of nitrogens with two attached hydrogens (primary N) is 1. The fourth-order valence-corrected chi connectivity index (χ4v) is 2.29. The lowest BCUT2D eigenvalue weighted by Gasteiger charge is -2.21. The summed E-state index contributed by atoms with van der Waals surface area (Å²) in [6.45, 7) is 2.61. The van der Waals surface area contributed by atoms with Crippen molar-refractivity contribution < 1.29 is 5.11 Å². The van der Waals surface area contributed by atoms with Crippen LogP contribution in [0.2, 0.25) is 0 Å². The molecule has 0 aliphatic carbocycles. The fourth-order valence-electron chi connectivity index (χ4n) is 2.29. The number of nitrogen functional groups attached to an aromatic ring is 1. The minimum Gasteiger partial charge on any atom is -0.399 e. The number of benzene rings is 2. The molecule has 0 atom stereocenters. The van der Waals surface area contributed by atoms with Gasteiger partial charge in [0, 0.05) is 25.3 Å². The molecule has 0 heterocycles. The highest BCUT2D eigenvalue weighted by molar-refractivity contribution is 5.46. The summed E-state index contributed by atoms with van der Waals surface area (Å²) in [5.74, 6) is 0. The second-order valence-corrected chi connectivity index (χ2v) is 4.93. The number of para-hydroxylation sites is 1. The molecule has 0 aliphatic rings. The molecule has 0 amide bonds. The third kappa shape index (κ3) is 4.37. The molecule has 0 fully saturated rings. The van der Waals surface area contributed by atoms with Gasteiger partial charge in [-0.15, -0.1) is 0 Å². The van der Waals surface area contributed by atoms with Crippen LogP contribution in [0, 0.1) is 0 Å². The first-order chi connectivity index (χ1) is 9.79. The van der Waals surface area contributed by atoms with E-state index < -0.39 is 0 Å². The van der Waals surface area contributed by atoms with Crippen LogP contribution >= 0.6 is 0 Å². The highest BCUT2D eigenvalue weighted by atomic mass is 16.3. The maximum absolute atomic E-state index is 9.20. The predicted molar refractivity (Wildman–Crippen MR) is 83.4 cm³/mol. The standard InChI is InChI=1S/C17H22N2O/c18-17-9-5-4-8-16(17)10-11-19(12-13-20)14-15-6-2-1-3-7-15/h1-9,20H,10-14,18H2. The molecule has 0 saturated carbocycles. The average molecular weight is 270 g/mol. The van der Waals surface area contributed by atoms with Gasteiger partial charge in [0.1, 0.15) is 0 Å². The fraction of sp³-hybridized carbons (Fsp3) is 0.294. The van der Waals surface area contributed by atoms with E-state index in [1.807, 2.05) is 36.4 Å². The van der Waals surface area contributed by atoms with Gasteiger partial charge in [-0.2, -0.15) is 0 Å². The summed E-state index contributed by atoms with van der Waals surface area (Å²) in [6, 6.07) is 18.3. The average Bonchev–Trinajstić information content (AvgIpc) is 2.47. The van der Waals surface area contributed by atoms with E-state index in [0.29, 0.717) is 6.54 Å². The minimum absolute atomic E-state index is 0.178. The Balaban J connectivity index is 1.94. The second kappa shape index (κ2) is 7.68. The number of nitrogens with zero attached hydrogens (tertiary/aromatic N) is 1. The molecule has 106 valence electrons. The van der Waals surface area contributed by atoms with Gasteiger partial charge >= 0.3 is 0 Å². The Morgan fingerprint density at radius 1 is 0.900 bits per heavy atom. The Bertz CT molecular complexity index is 513. The van der Waals surface area contributed by atoms with Crippen molar-refractivity contribution in [1.29, 1.82) is 0 Å². The number of hydrogen-bond acceptors (Lipinski definition) is 3. The van der Waals surface area contributed by atoms with Crippen LogP contribution in [0.15, 0.2) is 54.6 Å². The summed E-state index contributed by atoms with van der Waals surface area (Å²) in [6.07, 6.45) is 0.902. The molecule has 3 heteroatoms. The maximum atomic E-state index is 9.20. The Kier molecular flexibility index (Phi) is 5.59. The van der Waals surface area contributed by atoms with Gasteiger partial charge in [-0.3, -0.25) is 4.90 Å². The van der Waals surface area contributed by atoms with Gasteiger partial charge in [-0.25, -0.2) is 0 Å². The molecule has 0 saturated heterocycles. The monoisotopic (exact) mass is 270 g/mol. The van der Waals surface area contributed by atoms with Crippen LogP contribution in [-0.2, 0) is 13.0 Å². The van der Waals surface area contributed by atoms with E-state index in [4.69, 9.17) is 5.73 Å². The first-order valence-electron chi connectivity index (χ1n) is 7.00. The van der Waals surface area contributed by atoms with E-state index >= 15 is 0 Å². The van der Waals surface area contributed by atoms with Crippen molar-refractivity contribution in [3.05, 3.63) is 65.7 Å². The van der Waals surface area contributed by atoms with Gasteiger partial charge in [0.05, 0.1) is 6.61 Å². The topological polar surface area (TPSA) is 49.5 Å². The molecule has 0 aliphatic heterocycles. The number of rotatable bonds is 7. The Hall–Kier alpha value is -1.84. The molecule has 3 nitrogen and oxygen atoms in total. The van der Waals surface area contributed by atoms with Crippen molar-refractivity contribution in [3.8, 4) is 0 Å². The molecule has 0 bridgehead atoms. The zero-order valence-electron chi connectivity index (χ0n) is 11.7. The van der Waals surface area contributed by atoms with Crippen molar-refractivity contribution in [3.63, 3.8) is 0 Å². The van der Waals surface area contributed by atoms with Gasteiger partial charge in [0.15, 0.2) is 0 Å². The SMILES string of the molecule is Nc1ccccc1CCN(CCO)Cc1ccccc1. The van der Waals surface area contributed by atoms with Crippen LogP contribution in [0.5, 0.6) is 0 Å². The van der Waals surface area contributed by atoms with Crippen LogP contribution in [0.4, 0.5) is 5.69 Å². The number of aliphatic hydroxyl groups is 1. The van der Waals surface area contributed by atoms with Crippen LogP contribution in [-0.4, -0.2) is 29.7 Å². The predicted octanol–water partition coefficient (Wildman–Crippen LogP) is 2.31. The molecule has 2 aromatic rings. The smallest absolute Gasteiger partial charge is 0.0558 e. The lowest BCUT2D eigenvalue weighted by molar-refractivity contribution is 0.191. The largest absolute Gasteiger partial charge is 0.399 e. The molecule has 0 spiro atoms. The quantitative estimate of drug-likeness (QED) is 0.759. The van der Waals surface area contributed by atoms with Crippen LogP contribution < -0.4 is 5.73 Å². The minimum atomic E-state index is 0.178. The van der Waals surface area contributed by atoms with Crippen molar-refractivity contribution >= 4 is 5.69 Å². The third-order valence-electron chi connectivity index (χ3n) is 3.42. The number of anilines is 1. The lowest BCUT2D eigenvalue weighted by atomic mass is 10.1. The normalized spacial score (nSPS) is 10.9. The lowest BCUT2D eigenvalue weighted by Crippen LogP contribution is -2.28. The summed E-state index contributed by atoms with van der Waals surface area (Å²) in [5, 5.41) is 9.20. The van der Waals surface area contributed by atoms with E-state index in [1.165, 1.54) is 11.1 Å². The summed E-state index contributed by atoms with van der Waals surface area (Å²) in [5.41, 5.74) is 9.24. The number of aliphatic hydroxyl groups excluding tert-OH is 1. The van der Waals surface area contributed by atoms with Gasteiger partial charge in [0.2, 0.25) is 0 Å². The van der Waals surface area contributed by atoms with Crippen LogP contribution in [0.3, 0.4) is 0 Å². The van der Waals surface area contributed by atoms with E-state index in [1.54, 1.807) is 0 Å². The van der Waals surface area contributed by atoms with Crippen molar-refractivity contribution in [2.45, 2.75) is 13.0 Å². The highest BCUT2D eigenvalue weighted by Crippen LogP contribution is 2.12. The van der Waals surface area contributed by atoms with Crippen molar-refractivity contribution in [2.24, 2.45) is 0 Å². The molecule has 3 N–H and O–H groups in total. The van der Waals surface area contributed by atoms with Crippen LogP contribution in [0.25, 0.3) is 0 Å². The molecular weight excluding hydrogens is 248 g/mol. The molecule has 2 rings (SSSR count). The highest BCUT2D eigenvalue weighted by Gasteiger charge is 2.07. The molecular formula is C17H22N2O. The zero-order chi connectivity index (χ0) is 14.2. The summed E-state index contributed by atoms with van der Waals surface area (Å²) >= 11 is 0. The van der Waals surface area contributed by atoms with E-state index in [9.17, 15) is 5.11 Å². The third-order valence-corrected chi connectivity index (χ3v) is 3.42. The Labute approximate surface area is 120 Å². The maximum Gasteiger partial charge on any atom is 0.0558 e. The summed E-state index contributed by atoms with van der Waals surface area (Å²) in [4.78, 5) is 2.25. The zero-order valence-corrected chi connectivity index (χ0v) is 11.7. The molecule has 20 heavy (non-hydrogen) atoms. The second-order valence-electron chi connectivity index (χ2n) is 4.93. The van der Waals surface area contributed by atoms with Crippen molar-refractivity contribution in [2.75, 3.05) is 25.4 Å². The molecule has 0 unspecified atom stereocenters. The van der Waals surface area contributed by atoms with Crippen molar-refractivity contribution in [1.82, 2.24) is 4.90 Å².